The van der Waals surface area contributed by atoms with E-state index in [1.807, 2.05) is 31.1 Å². The lowest BCUT2D eigenvalue weighted by molar-refractivity contribution is -0.137. The van der Waals surface area contributed by atoms with Gasteiger partial charge in [-0.2, -0.15) is 0 Å². The molecule has 1 saturated heterocycles. The van der Waals surface area contributed by atoms with Gasteiger partial charge in [0.15, 0.2) is 0 Å². The summed E-state index contributed by atoms with van der Waals surface area (Å²) in [5.74, 6) is 0.181. The lowest BCUT2D eigenvalue weighted by Crippen LogP contribution is -2.51. The monoisotopic (exact) mass is 267 g/mol. The number of carbonyl (C=O) groups excluding carboxylic acids is 1. The maximum Gasteiger partial charge on any atom is 0.227 e. The molecule has 1 unspecified atom stereocenters. The van der Waals surface area contributed by atoms with Gasteiger partial charge in [0.2, 0.25) is 5.91 Å². The Morgan fingerprint density at radius 2 is 2.33 bits per heavy atom. The lowest BCUT2D eigenvalue weighted by Gasteiger charge is -2.41. The Morgan fingerprint density at radius 3 is 2.89 bits per heavy atom. The molecule has 4 heteroatoms. The van der Waals surface area contributed by atoms with Crippen molar-refractivity contribution in [3.63, 3.8) is 0 Å². The third kappa shape index (κ3) is 2.75. The van der Waals surface area contributed by atoms with E-state index in [0.29, 0.717) is 25.9 Å². The van der Waals surface area contributed by atoms with Crippen molar-refractivity contribution in [3.05, 3.63) is 21.9 Å². The highest BCUT2D eigenvalue weighted by Crippen LogP contribution is 2.29. The van der Waals surface area contributed by atoms with Crippen LogP contribution in [0.15, 0.2) is 11.4 Å². The minimum absolute atomic E-state index is 0.181. The highest BCUT2D eigenvalue weighted by Gasteiger charge is 2.36. The number of carbonyl (C=O) groups is 1. The minimum Gasteiger partial charge on any atom is -0.392 e. The van der Waals surface area contributed by atoms with Gasteiger partial charge in [-0.1, -0.05) is 13.8 Å². The summed E-state index contributed by atoms with van der Waals surface area (Å²) in [5.41, 5.74) is 1.00. The van der Waals surface area contributed by atoms with Crippen LogP contribution in [-0.2, 0) is 11.2 Å². The van der Waals surface area contributed by atoms with Gasteiger partial charge < -0.3 is 10.0 Å². The van der Waals surface area contributed by atoms with Gasteiger partial charge in [-0.25, -0.2) is 0 Å². The molecule has 1 amide bonds. The quantitative estimate of drug-likeness (QED) is 0.892. The molecule has 2 heterocycles. The Labute approximate surface area is 112 Å². The molecular weight excluding hydrogens is 246 g/mol. The fourth-order valence-corrected chi connectivity index (χ4v) is 3.29. The van der Waals surface area contributed by atoms with Crippen LogP contribution in [0.5, 0.6) is 0 Å². The fraction of sp³-hybridized carbons (Fsp3) is 0.643. The van der Waals surface area contributed by atoms with E-state index in [1.165, 1.54) is 5.56 Å². The SMILES string of the molecule is Cc1ccsc1CC(=O)N1CCC(O)C(C)(C)C1. The molecule has 0 aromatic carbocycles. The van der Waals surface area contributed by atoms with Crippen molar-refractivity contribution < 1.29 is 9.90 Å². The van der Waals surface area contributed by atoms with E-state index in [1.54, 1.807) is 11.3 Å². The summed E-state index contributed by atoms with van der Waals surface area (Å²) < 4.78 is 0. The zero-order valence-corrected chi connectivity index (χ0v) is 12.1. The normalized spacial score (nSPS) is 23.1. The summed E-state index contributed by atoms with van der Waals surface area (Å²) in [7, 11) is 0. The standard InChI is InChI=1S/C14H21NO2S/c1-10-5-7-18-11(10)8-13(17)15-6-4-12(16)14(2,3)9-15/h5,7,12,16H,4,6,8-9H2,1-3H3. The molecule has 1 aromatic rings. The molecule has 100 valence electrons. The summed E-state index contributed by atoms with van der Waals surface area (Å²) in [5, 5.41) is 11.9. The van der Waals surface area contributed by atoms with Gasteiger partial charge in [-0.05, 0) is 30.4 Å². The van der Waals surface area contributed by atoms with Crippen molar-refractivity contribution in [1.82, 2.24) is 4.90 Å². The molecule has 1 aliphatic heterocycles. The number of amides is 1. The van der Waals surface area contributed by atoms with Crippen LogP contribution in [-0.4, -0.2) is 35.1 Å². The second-order valence-electron chi connectivity index (χ2n) is 5.81. The first-order chi connectivity index (χ1) is 8.40. The van der Waals surface area contributed by atoms with Crippen LogP contribution in [0.4, 0.5) is 0 Å². The third-order valence-electron chi connectivity index (χ3n) is 3.81. The zero-order valence-electron chi connectivity index (χ0n) is 11.3. The molecule has 0 radical (unpaired) electrons. The number of aliphatic hydroxyl groups excluding tert-OH is 1. The van der Waals surface area contributed by atoms with Crippen molar-refractivity contribution in [2.75, 3.05) is 13.1 Å². The van der Waals surface area contributed by atoms with Crippen molar-refractivity contribution in [1.29, 1.82) is 0 Å². The first-order valence-corrected chi connectivity index (χ1v) is 7.27. The predicted octanol–water partition coefficient (Wildman–Crippen LogP) is 2.22. The van der Waals surface area contributed by atoms with Gasteiger partial charge in [0.1, 0.15) is 0 Å². The number of likely N-dealkylation sites (tertiary alicyclic amines) is 1. The van der Waals surface area contributed by atoms with Crippen LogP contribution in [0.1, 0.15) is 30.7 Å². The van der Waals surface area contributed by atoms with Crippen molar-refractivity contribution in [3.8, 4) is 0 Å². The number of piperidine rings is 1. The van der Waals surface area contributed by atoms with Gasteiger partial charge in [0, 0.05) is 23.4 Å². The summed E-state index contributed by atoms with van der Waals surface area (Å²) in [6.07, 6.45) is 0.878. The molecule has 18 heavy (non-hydrogen) atoms. The molecule has 1 aliphatic rings. The van der Waals surface area contributed by atoms with Crippen LogP contribution in [0, 0.1) is 12.3 Å². The van der Waals surface area contributed by atoms with E-state index in [-0.39, 0.29) is 17.4 Å². The van der Waals surface area contributed by atoms with E-state index in [0.717, 1.165) is 4.88 Å². The average molecular weight is 267 g/mol. The van der Waals surface area contributed by atoms with Gasteiger partial charge in [0.05, 0.1) is 12.5 Å². The largest absolute Gasteiger partial charge is 0.392 e. The minimum atomic E-state index is -0.301. The number of hydrogen-bond donors (Lipinski definition) is 1. The molecule has 2 rings (SSSR count). The smallest absolute Gasteiger partial charge is 0.227 e. The van der Waals surface area contributed by atoms with Crippen molar-refractivity contribution in [2.45, 2.75) is 39.7 Å². The Balaban J connectivity index is 2.00. The second kappa shape index (κ2) is 5.02. The molecule has 0 bridgehead atoms. The average Bonchev–Trinajstić information content (AvgIpc) is 2.68. The number of thiophene rings is 1. The Kier molecular flexibility index (Phi) is 3.78. The molecule has 3 nitrogen and oxygen atoms in total. The van der Waals surface area contributed by atoms with Crippen LogP contribution >= 0.6 is 11.3 Å². The number of nitrogens with zero attached hydrogens (tertiary/aromatic N) is 1. The lowest BCUT2D eigenvalue weighted by atomic mass is 9.81. The van der Waals surface area contributed by atoms with E-state index >= 15 is 0 Å². The molecular formula is C14H21NO2S. The Bertz CT molecular complexity index is 439. The summed E-state index contributed by atoms with van der Waals surface area (Å²) in [6, 6.07) is 2.05. The van der Waals surface area contributed by atoms with Crippen LogP contribution in [0.25, 0.3) is 0 Å². The Hall–Kier alpha value is -0.870. The molecule has 0 spiro atoms. The highest BCUT2D eigenvalue weighted by molar-refractivity contribution is 7.10. The second-order valence-corrected chi connectivity index (χ2v) is 6.81. The number of aryl methyl sites for hydroxylation is 1. The molecule has 1 atom stereocenters. The fourth-order valence-electron chi connectivity index (χ4n) is 2.39. The van der Waals surface area contributed by atoms with Crippen LogP contribution < -0.4 is 0 Å². The summed E-state index contributed by atoms with van der Waals surface area (Å²) >= 11 is 1.65. The summed E-state index contributed by atoms with van der Waals surface area (Å²) in [6.45, 7) is 7.41. The number of rotatable bonds is 2. The predicted molar refractivity (Wildman–Crippen MR) is 73.7 cm³/mol. The van der Waals surface area contributed by atoms with Gasteiger partial charge >= 0.3 is 0 Å². The molecule has 1 N–H and O–H groups in total. The number of hydrogen-bond acceptors (Lipinski definition) is 3. The van der Waals surface area contributed by atoms with Gasteiger partial charge in [0.25, 0.3) is 0 Å². The first-order valence-electron chi connectivity index (χ1n) is 6.39. The molecule has 0 saturated carbocycles. The maximum absolute atomic E-state index is 12.3. The van der Waals surface area contributed by atoms with Crippen LogP contribution in [0.3, 0.4) is 0 Å². The highest BCUT2D eigenvalue weighted by atomic mass is 32.1. The van der Waals surface area contributed by atoms with E-state index in [2.05, 4.69) is 6.07 Å². The third-order valence-corrected chi connectivity index (χ3v) is 4.83. The van der Waals surface area contributed by atoms with E-state index < -0.39 is 0 Å². The molecule has 1 fully saturated rings. The number of aliphatic hydroxyl groups is 1. The molecule has 0 aliphatic carbocycles. The van der Waals surface area contributed by atoms with Crippen molar-refractivity contribution in [2.24, 2.45) is 5.41 Å². The van der Waals surface area contributed by atoms with Gasteiger partial charge in [-0.3, -0.25) is 4.79 Å². The van der Waals surface area contributed by atoms with Gasteiger partial charge in [-0.15, -0.1) is 11.3 Å². The van der Waals surface area contributed by atoms with E-state index in [9.17, 15) is 9.90 Å². The van der Waals surface area contributed by atoms with E-state index in [4.69, 9.17) is 0 Å². The zero-order chi connectivity index (χ0) is 13.3. The maximum atomic E-state index is 12.3. The summed E-state index contributed by atoms with van der Waals surface area (Å²) in [4.78, 5) is 15.3. The topological polar surface area (TPSA) is 40.5 Å². The Morgan fingerprint density at radius 1 is 1.61 bits per heavy atom. The first kappa shape index (κ1) is 13.6. The van der Waals surface area contributed by atoms with Crippen molar-refractivity contribution >= 4 is 17.2 Å². The molecule has 1 aromatic heterocycles. The van der Waals surface area contributed by atoms with Crippen LogP contribution in [0.2, 0.25) is 0 Å².